The Kier molecular flexibility index (Phi) is 7.09. The van der Waals surface area contributed by atoms with E-state index in [1.165, 1.54) is 24.1 Å². The molecule has 4 rings (SSSR count). The fraction of sp³-hybridized carbons (Fsp3) is 0.120. The van der Waals surface area contributed by atoms with Crippen molar-refractivity contribution in [1.82, 2.24) is 9.97 Å². The number of carbonyl (C=O) groups is 1. The molecular formula is C25H20N2O4S. The van der Waals surface area contributed by atoms with Gasteiger partial charge in [0.2, 0.25) is 11.2 Å². The second-order valence-corrected chi connectivity index (χ2v) is 7.89. The first-order chi connectivity index (χ1) is 15.7. The van der Waals surface area contributed by atoms with Gasteiger partial charge in [-0.3, -0.25) is 9.59 Å². The summed E-state index contributed by atoms with van der Waals surface area (Å²) in [7, 11) is 0. The molecule has 32 heavy (non-hydrogen) atoms. The lowest BCUT2D eigenvalue weighted by molar-refractivity contribution is -0.134. The van der Waals surface area contributed by atoms with E-state index in [1.54, 1.807) is 18.5 Å². The SMILES string of the molecule is O=C(CC(c1ccccc1)c1ccccc1)Oc1coc(CSc2ncccn2)cc1=O. The van der Waals surface area contributed by atoms with Crippen LogP contribution in [0, 0.1) is 0 Å². The third kappa shape index (κ3) is 5.70. The minimum absolute atomic E-state index is 0.0937. The summed E-state index contributed by atoms with van der Waals surface area (Å²) in [6.07, 6.45) is 4.57. The van der Waals surface area contributed by atoms with Gasteiger partial charge in [0, 0.05) is 24.4 Å². The van der Waals surface area contributed by atoms with Crippen LogP contribution in [-0.4, -0.2) is 15.9 Å². The molecular weight excluding hydrogens is 424 g/mol. The van der Waals surface area contributed by atoms with Gasteiger partial charge in [-0.2, -0.15) is 0 Å². The van der Waals surface area contributed by atoms with Crippen LogP contribution in [0.1, 0.15) is 29.2 Å². The fourth-order valence-electron chi connectivity index (χ4n) is 3.21. The Labute approximate surface area is 189 Å². The van der Waals surface area contributed by atoms with Gasteiger partial charge in [0.1, 0.15) is 12.0 Å². The lowest BCUT2D eigenvalue weighted by atomic mass is 9.89. The molecule has 0 aliphatic heterocycles. The van der Waals surface area contributed by atoms with Gasteiger partial charge in [-0.15, -0.1) is 0 Å². The molecule has 0 saturated heterocycles. The molecule has 0 amide bonds. The molecule has 0 aliphatic carbocycles. The molecule has 2 aromatic carbocycles. The maximum Gasteiger partial charge on any atom is 0.312 e. The van der Waals surface area contributed by atoms with Crippen molar-refractivity contribution in [1.29, 1.82) is 0 Å². The van der Waals surface area contributed by atoms with Crippen LogP contribution in [0.4, 0.5) is 0 Å². The Hall–Kier alpha value is -3.71. The Morgan fingerprint density at radius 3 is 2.16 bits per heavy atom. The first-order valence-electron chi connectivity index (χ1n) is 10.0. The van der Waals surface area contributed by atoms with Gasteiger partial charge in [-0.1, -0.05) is 72.4 Å². The zero-order valence-corrected chi connectivity index (χ0v) is 17.9. The number of aromatic nitrogens is 2. The molecule has 7 heteroatoms. The summed E-state index contributed by atoms with van der Waals surface area (Å²) in [4.78, 5) is 33.4. The molecule has 0 spiro atoms. The van der Waals surface area contributed by atoms with Gasteiger partial charge < -0.3 is 9.15 Å². The number of thioether (sulfide) groups is 1. The molecule has 0 atom stereocenters. The van der Waals surface area contributed by atoms with Crippen LogP contribution in [0.15, 0.2) is 106 Å². The summed E-state index contributed by atoms with van der Waals surface area (Å²) in [5.41, 5.74) is 1.58. The first-order valence-corrected chi connectivity index (χ1v) is 11.0. The Balaban J connectivity index is 1.44. The lowest BCUT2D eigenvalue weighted by Crippen LogP contribution is -2.17. The highest BCUT2D eigenvalue weighted by Crippen LogP contribution is 2.28. The number of carbonyl (C=O) groups excluding carboxylic acids is 1. The highest BCUT2D eigenvalue weighted by atomic mass is 32.2. The molecule has 0 fully saturated rings. The van der Waals surface area contributed by atoms with E-state index in [-0.39, 0.29) is 18.1 Å². The molecule has 0 unspecified atom stereocenters. The highest BCUT2D eigenvalue weighted by molar-refractivity contribution is 7.98. The van der Waals surface area contributed by atoms with E-state index in [9.17, 15) is 9.59 Å². The lowest BCUT2D eigenvalue weighted by Gasteiger charge is -2.17. The van der Waals surface area contributed by atoms with Crippen LogP contribution < -0.4 is 10.2 Å². The van der Waals surface area contributed by atoms with Crippen molar-refractivity contribution in [3.63, 3.8) is 0 Å². The summed E-state index contributed by atoms with van der Waals surface area (Å²) in [6, 6.07) is 22.5. The normalized spacial score (nSPS) is 10.8. The molecule has 2 heterocycles. The molecule has 2 aromatic heterocycles. The molecule has 0 bridgehead atoms. The topological polar surface area (TPSA) is 82.3 Å². The second-order valence-electron chi connectivity index (χ2n) is 6.95. The van der Waals surface area contributed by atoms with Crippen molar-refractivity contribution < 1.29 is 13.9 Å². The Morgan fingerprint density at radius 1 is 0.938 bits per heavy atom. The summed E-state index contributed by atoms with van der Waals surface area (Å²) >= 11 is 1.34. The molecule has 4 aromatic rings. The first kappa shape index (κ1) is 21.5. The standard InChI is InChI=1S/C25H20N2O4S/c28-22-14-20(17-32-25-26-12-7-13-27-25)30-16-23(22)31-24(29)15-21(18-8-3-1-4-9-18)19-10-5-2-6-11-19/h1-14,16,21H,15,17H2. The van der Waals surface area contributed by atoms with Crippen LogP contribution in [0.25, 0.3) is 0 Å². The molecule has 0 saturated carbocycles. The van der Waals surface area contributed by atoms with Crippen molar-refractivity contribution in [2.24, 2.45) is 0 Å². The Morgan fingerprint density at radius 2 is 1.56 bits per heavy atom. The van der Waals surface area contributed by atoms with Crippen LogP contribution in [0.5, 0.6) is 5.75 Å². The zero-order chi connectivity index (χ0) is 22.2. The zero-order valence-electron chi connectivity index (χ0n) is 17.1. The second kappa shape index (κ2) is 10.5. The van der Waals surface area contributed by atoms with E-state index in [1.807, 2.05) is 60.7 Å². The van der Waals surface area contributed by atoms with Gasteiger partial charge in [-0.05, 0) is 17.2 Å². The van der Waals surface area contributed by atoms with Crippen LogP contribution in [0.3, 0.4) is 0 Å². The van der Waals surface area contributed by atoms with E-state index in [2.05, 4.69) is 9.97 Å². The average molecular weight is 445 g/mol. The van der Waals surface area contributed by atoms with Crippen LogP contribution >= 0.6 is 11.8 Å². The quantitative estimate of drug-likeness (QED) is 0.218. The predicted octanol–water partition coefficient (Wildman–Crippen LogP) is 4.85. The predicted molar refractivity (Wildman–Crippen MR) is 122 cm³/mol. The van der Waals surface area contributed by atoms with Gasteiger partial charge in [-0.25, -0.2) is 9.97 Å². The molecule has 160 valence electrons. The average Bonchev–Trinajstić information content (AvgIpc) is 2.84. The van der Waals surface area contributed by atoms with E-state index >= 15 is 0 Å². The number of hydrogen-bond acceptors (Lipinski definition) is 7. The largest absolute Gasteiger partial charge is 0.464 e. The molecule has 0 radical (unpaired) electrons. The maximum absolute atomic E-state index is 12.7. The third-order valence-corrected chi connectivity index (χ3v) is 5.63. The number of ether oxygens (including phenoxy) is 1. The van der Waals surface area contributed by atoms with Crippen molar-refractivity contribution in [3.8, 4) is 5.75 Å². The van der Waals surface area contributed by atoms with Crippen molar-refractivity contribution >= 4 is 17.7 Å². The Bertz CT molecular complexity index is 1180. The van der Waals surface area contributed by atoms with E-state index in [4.69, 9.17) is 9.15 Å². The minimum Gasteiger partial charge on any atom is -0.464 e. The third-order valence-electron chi connectivity index (χ3n) is 4.74. The monoisotopic (exact) mass is 444 g/mol. The van der Waals surface area contributed by atoms with Crippen LogP contribution in [0.2, 0.25) is 0 Å². The minimum atomic E-state index is -0.505. The van der Waals surface area contributed by atoms with Crippen LogP contribution in [-0.2, 0) is 10.5 Å². The number of benzene rings is 2. The molecule has 6 nitrogen and oxygen atoms in total. The summed E-state index contributed by atoms with van der Waals surface area (Å²) in [6.45, 7) is 0. The van der Waals surface area contributed by atoms with Gasteiger partial charge in [0.25, 0.3) is 0 Å². The molecule has 0 N–H and O–H groups in total. The summed E-state index contributed by atoms with van der Waals surface area (Å²) in [5, 5.41) is 0.582. The van der Waals surface area contributed by atoms with E-state index in [0.717, 1.165) is 11.1 Å². The number of nitrogens with zero attached hydrogens (tertiary/aromatic N) is 2. The van der Waals surface area contributed by atoms with Crippen molar-refractivity contribution in [3.05, 3.63) is 119 Å². The number of rotatable bonds is 8. The van der Waals surface area contributed by atoms with Crippen molar-refractivity contribution in [2.45, 2.75) is 23.2 Å². The smallest absolute Gasteiger partial charge is 0.312 e. The number of hydrogen-bond donors (Lipinski definition) is 0. The van der Waals surface area contributed by atoms with Gasteiger partial charge in [0.05, 0.1) is 12.2 Å². The van der Waals surface area contributed by atoms with Gasteiger partial charge in [0.15, 0.2) is 5.16 Å². The van der Waals surface area contributed by atoms with E-state index < -0.39 is 11.4 Å². The summed E-state index contributed by atoms with van der Waals surface area (Å²) < 4.78 is 10.8. The number of esters is 1. The van der Waals surface area contributed by atoms with Crippen molar-refractivity contribution in [2.75, 3.05) is 0 Å². The fourth-order valence-corrected chi connectivity index (χ4v) is 3.91. The van der Waals surface area contributed by atoms with Gasteiger partial charge >= 0.3 is 5.97 Å². The maximum atomic E-state index is 12.7. The highest BCUT2D eigenvalue weighted by Gasteiger charge is 2.20. The van der Waals surface area contributed by atoms with E-state index in [0.29, 0.717) is 16.7 Å². The molecule has 0 aliphatic rings. The summed E-state index contributed by atoms with van der Waals surface area (Å²) in [5.74, 6) is 0.0176.